The molecule has 0 radical (unpaired) electrons. The Morgan fingerprint density at radius 1 is 1.21 bits per heavy atom. The van der Waals surface area contributed by atoms with Crippen LogP contribution in [-0.4, -0.2) is 4.98 Å². The number of benzene rings is 1. The van der Waals surface area contributed by atoms with E-state index in [4.69, 9.17) is 16.6 Å². The zero-order valence-electron chi connectivity index (χ0n) is 10.4. The van der Waals surface area contributed by atoms with Crippen LogP contribution in [0.5, 0.6) is 0 Å². The Kier molecular flexibility index (Phi) is 3.69. The predicted molar refractivity (Wildman–Crippen MR) is 85.2 cm³/mol. The summed E-state index contributed by atoms with van der Waals surface area (Å²) in [5, 5.41) is 3.11. The van der Waals surface area contributed by atoms with Gasteiger partial charge in [0.25, 0.3) is 0 Å². The number of rotatable bonds is 3. The first-order valence-electron chi connectivity index (χ1n) is 5.94. The zero-order chi connectivity index (χ0) is 13.2. The van der Waals surface area contributed by atoms with E-state index in [1.165, 1.54) is 16.0 Å². The van der Waals surface area contributed by atoms with Crippen LogP contribution >= 0.6 is 34.3 Å². The molecular formula is C15H12ClNS2. The molecule has 0 aliphatic carbocycles. The second-order valence-corrected chi connectivity index (χ2v) is 6.57. The highest BCUT2D eigenvalue weighted by Gasteiger charge is 2.14. The predicted octanol–water partition coefficient (Wildman–Crippen LogP) is 5.59. The highest BCUT2D eigenvalue weighted by molar-refractivity contribution is 7.17. The topological polar surface area (TPSA) is 12.9 Å². The molecule has 0 N–H and O–H groups in total. The number of hydrogen-bond acceptors (Lipinski definition) is 3. The van der Waals surface area contributed by atoms with E-state index in [0.717, 1.165) is 15.6 Å². The van der Waals surface area contributed by atoms with Gasteiger partial charge in [0.1, 0.15) is 5.01 Å². The molecule has 0 aliphatic heterocycles. The standard InChI is InChI=1S/C15H12ClNS2/c1-10-4-2-5-11(8-10)15-17-14(13(9-16)19-15)12-6-3-7-18-12/h2-8H,9H2,1H3. The Morgan fingerprint density at radius 3 is 2.79 bits per heavy atom. The molecule has 3 aromatic rings. The number of alkyl halides is 1. The molecule has 2 heterocycles. The molecule has 96 valence electrons. The molecule has 0 saturated heterocycles. The van der Waals surface area contributed by atoms with E-state index in [2.05, 4.69) is 42.6 Å². The third-order valence-electron chi connectivity index (χ3n) is 2.84. The average molecular weight is 306 g/mol. The summed E-state index contributed by atoms with van der Waals surface area (Å²) in [4.78, 5) is 7.10. The van der Waals surface area contributed by atoms with Crippen molar-refractivity contribution in [2.24, 2.45) is 0 Å². The smallest absolute Gasteiger partial charge is 0.124 e. The molecule has 0 amide bonds. The molecule has 19 heavy (non-hydrogen) atoms. The minimum absolute atomic E-state index is 0.511. The van der Waals surface area contributed by atoms with Gasteiger partial charge in [0.15, 0.2) is 0 Å². The van der Waals surface area contributed by atoms with Gasteiger partial charge < -0.3 is 0 Å². The minimum Gasteiger partial charge on any atom is -0.235 e. The number of aromatic nitrogens is 1. The summed E-state index contributed by atoms with van der Waals surface area (Å²) in [5.74, 6) is 0.511. The van der Waals surface area contributed by atoms with Crippen molar-refractivity contribution >= 4 is 34.3 Å². The van der Waals surface area contributed by atoms with E-state index in [1.54, 1.807) is 22.7 Å². The molecule has 0 bridgehead atoms. The van der Waals surface area contributed by atoms with Gasteiger partial charge in [-0.1, -0.05) is 29.8 Å². The summed E-state index contributed by atoms with van der Waals surface area (Å²) in [6, 6.07) is 12.6. The van der Waals surface area contributed by atoms with E-state index in [0.29, 0.717) is 5.88 Å². The normalized spacial score (nSPS) is 10.8. The van der Waals surface area contributed by atoms with E-state index in [9.17, 15) is 0 Å². The van der Waals surface area contributed by atoms with Gasteiger partial charge in [0.2, 0.25) is 0 Å². The maximum Gasteiger partial charge on any atom is 0.124 e. The van der Waals surface area contributed by atoms with Crippen LogP contribution in [-0.2, 0) is 5.88 Å². The first kappa shape index (κ1) is 12.9. The molecule has 2 aromatic heterocycles. The third-order valence-corrected chi connectivity index (χ3v) is 5.25. The van der Waals surface area contributed by atoms with Crippen molar-refractivity contribution in [3.8, 4) is 21.1 Å². The van der Waals surface area contributed by atoms with Gasteiger partial charge >= 0.3 is 0 Å². The lowest BCUT2D eigenvalue weighted by Gasteiger charge is -1.97. The van der Waals surface area contributed by atoms with Crippen molar-refractivity contribution in [2.45, 2.75) is 12.8 Å². The molecule has 1 nitrogen and oxygen atoms in total. The van der Waals surface area contributed by atoms with Gasteiger partial charge in [0, 0.05) is 10.4 Å². The molecule has 0 saturated carbocycles. The van der Waals surface area contributed by atoms with Gasteiger partial charge in [-0.3, -0.25) is 0 Å². The molecule has 0 aliphatic rings. The Bertz CT molecular complexity index is 686. The molecule has 3 rings (SSSR count). The Morgan fingerprint density at radius 2 is 2.11 bits per heavy atom. The van der Waals surface area contributed by atoms with Crippen molar-refractivity contribution in [1.29, 1.82) is 0 Å². The second-order valence-electron chi connectivity index (χ2n) is 4.27. The molecular weight excluding hydrogens is 294 g/mol. The summed E-state index contributed by atoms with van der Waals surface area (Å²) >= 11 is 9.44. The SMILES string of the molecule is Cc1cccc(-c2nc(-c3cccs3)c(CCl)s2)c1. The van der Waals surface area contributed by atoms with Gasteiger partial charge in [-0.25, -0.2) is 4.98 Å². The first-order chi connectivity index (χ1) is 9.28. The van der Waals surface area contributed by atoms with Crippen LogP contribution < -0.4 is 0 Å². The van der Waals surface area contributed by atoms with Crippen LogP contribution in [0.1, 0.15) is 10.4 Å². The number of thiazole rings is 1. The fourth-order valence-electron chi connectivity index (χ4n) is 1.95. The lowest BCUT2D eigenvalue weighted by Crippen LogP contribution is -1.80. The lowest BCUT2D eigenvalue weighted by atomic mass is 10.1. The van der Waals surface area contributed by atoms with Crippen LogP contribution in [0.25, 0.3) is 21.1 Å². The summed E-state index contributed by atoms with van der Waals surface area (Å²) in [6.07, 6.45) is 0. The Hall–Kier alpha value is -1.16. The molecule has 1 aromatic carbocycles. The quantitative estimate of drug-likeness (QED) is 0.575. The molecule has 0 unspecified atom stereocenters. The van der Waals surface area contributed by atoms with Crippen molar-refractivity contribution in [2.75, 3.05) is 0 Å². The van der Waals surface area contributed by atoms with Gasteiger partial charge in [-0.05, 0) is 24.4 Å². The van der Waals surface area contributed by atoms with Crippen LogP contribution in [0.2, 0.25) is 0 Å². The van der Waals surface area contributed by atoms with Crippen LogP contribution in [0.3, 0.4) is 0 Å². The van der Waals surface area contributed by atoms with Crippen LogP contribution in [0, 0.1) is 6.92 Å². The fraction of sp³-hybridized carbons (Fsp3) is 0.133. The third kappa shape index (κ3) is 2.59. The van der Waals surface area contributed by atoms with Crippen molar-refractivity contribution in [3.63, 3.8) is 0 Å². The molecule has 4 heteroatoms. The summed E-state index contributed by atoms with van der Waals surface area (Å²) in [6.45, 7) is 2.10. The summed E-state index contributed by atoms with van der Waals surface area (Å²) < 4.78 is 0. The van der Waals surface area contributed by atoms with E-state index in [1.807, 2.05) is 6.07 Å². The lowest BCUT2D eigenvalue weighted by molar-refractivity contribution is 1.36. The number of halogens is 1. The maximum absolute atomic E-state index is 6.06. The van der Waals surface area contributed by atoms with Crippen LogP contribution in [0.4, 0.5) is 0 Å². The largest absolute Gasteiger partial charge is 0.235 e. The van der Waals surface area contributed by atoms with Crippen molar-refractivity contribution in [1.82, 2.24) is 4.98 Å². The average Bonchev–Trinajstić information content (AvgIpc) is 3.07. The molecule has 0 spiro atoms. The first-order valence-corrected chi connectivity index (χ1v) is 8.17. The second kappa shape index (κ2) is 5.45. The molecule has 0 atom stereocenters. The van der Waals surface area contributed by atoms with E-state index >= 15 is 0 Å². The van der Waals surface area contributed by atoms with Gasteiger partial charge in [-0.15, -0.1) is 34.3 Å². The van der Waals surface area contributed by atoms with E-state index < -0.39 is 0 Å². The van der Waals surface area contributed by atoms with E-state index in [-0.39, 0.29) is 0 Å². The Balaban J connectivity index is 2.10. The Labute approximate surface area is 125 Å². The summed E-state index contributed by atoms with van der Waals surface area (Å²) in [5.41, 5.74) is 3.45. The fourth-order valence-corrected chi connectivity index (χ4v) is 3.97. The van der Waals surface area contributed by atoms with Crippen molar-refractivity contribution in [3.05, 3.63) is 52.2 Å². The number of aryl methyl sites for hydroxylation is 1. The highest BCUT2D eigenvalue weighted by Crippen LogP contribution is 2.36. The maximum atomic E-state index is 6.06. The van der Waals surface area contributed by atoms with Gasteiger partial charge in [0.05, 0.1) is 16.5 Å². The monoisotopic (exact) mass is 305 g/mol. The van der Waals surface area contributed by atoms with Gasteiger partial charge in [-0.2, -0.15) is 0 Å². The van der Waals surface area contributed by atoms with Crippen molar-refractivity contribution < 1.29 is 0 Å². The van der Waals surface area contributed by atoms with Crippen LogP contribution in [0.15, 0.2) is 41.8 Å². The number of nitrogens with zero attached hydrogens (tertiary/aromatic N) is 1. The number of thiophene rings is 1. The summed E-state index contributed by atoms with van der Waals surface area (Å²) in [7, 11) is 0. The highest BCUT2D eigenvalue weighted by atomic mass is 35.5. The molecule has 0 fully saturated rings. The zero-order valence-corrected chi connectivity index (χ0v) is 12.8. The number of hydrogen-bond donors (Lipinski definition) is 0. The minimum atomic E-state index is 0.511.